The molecule has 1 heterocycles. The Bertz CT molecular complexity index is 442. The van der Waals surface area contributed by atoms with Gasteiger partial charge in [-0.05, 0) is 32.1 Å². The average molecular weight is 328 g/mol. The van der Waals surface area contributed by atoms with Gasteiger partial charge in [-0.3, -0.25) is 9.59 Å². The SMILES string of the molecule is CCCC(=O)N1C[C@H](O)[C@H](O)[C@H]1C(=O)NC(C)(C)CC(C)(C)C. The van der Waals surface area contributed by atoms with E-state index < -0.39 is 29.7 Å². The molecule has 1 saturated heterocycles. The maximum atomic E-state index is 12.6. The van der Waals surface area contributed by atoms with Gasteiger partial charge in [-0.2, -0.15) is 0 Å². The first-order chi connectivity index (χ1) is 10.4. The maximum absolute atomic E-state index is 12.6. The molecule has 0 spiro atoms. The van der Waals surface area contributed by atoms with Crippen molar-refractivity contribution in [3.63, 3.8) is 0 Å². The van der Waals surface area contributed by atoms with Crippen LogP contribution in [0.1, 0.15) is 60.8 Å². The van der Waals surface area contributed by atoms with E-state index >= 15 is 0 Å². The second-order valence-corrected chi connectivity index (χ2v) is 8.41. The Balaban J connectivity index is 2.88. The highest BCUT2D eigenvalue weighted by molar-refractivity contribution is 5.89. The number of aliphatic hydroxyl groups is 2. The van der Waals surface area contributed by atoms with Crippen molar-refractivity contribution in [1.82, 2.24) is 10.2 Å². The molecule has 2 amide bonds. The topological polar surface area (TPSA) is 89.9 Å². The molecule has 134 valence electrons. The Hall–Kier alpha value is -1.14. The van der Waals surface area contributed by atoms with Gasteiger partial charge in [0, 0.05) is 12.0 Å². The summed E-state index contributed by atoms with van der Waals surface area (Å²) in [5, 5.41) is 22.9. The summed E-state index contributed by atoms with van der Waals surface area (Å²) in [6.45, 7) is 12.0. The lowest BCUT2D eigenvalue weighted by Crippen LogP contribution is -2.56. The lowest BCUT2D eigenvalue weighted by molar-refractivity contribution is -0.141. The van der Waals surface area contributed by atoms with Gasteiger partial charge in [0.15, 0.2) is 0 Å². The van der Waals surface area contributed by atoms with Crippen LogP contribution < -0.4 is 5.32 Å². The fraction of sp³-hybridized carbons (Fsp3) is 0.882. The molecule has 23 heavy (non-hydrogen) atoms. The van der Waals surface area contributed by atoms with Crippen molar-refractivity contribution in [3.8, 4) is 0 Å². The van der Waals surface area contributed by atoms with Crippen molar-refractivity contribution in [1.29, 1.82) is 0 Å². The van der Waals surface area contributed by atoms with Crippen molar-refractivity contribution in [2.75, 3.05) is 6.54 Å². The molecule has 1 fully saturated rings. The number of hydrogen-bond donors (Lipinski definition) is 3. The predicted octanol–water partition coefficient (Wildman–Crippen LogP) is 1.05. The fourth-order valence-electron chi connectivity index (χ4n) is 3.51. The van der Waals surface area contributed by atoms with Crippen LogP contribution in [0.15, 0.2) is 0 Å². The Morgan fingerprint density at radius 3 is 2.22 bits per heavy atom. The first-order valence-corrected chi connectivity index (χ1v) is 8.35. The van der Waals surface area contributed by atoms with E-state index in [4.69, 9.17) is 0 Å². The van der Waals surface area contributed by atoms with Crippen LogP contribution >= 0.6 is 0 Å². The minimum Gasteiger partial charge on any atom is -0.388 e. The third kappa shape index (κ3) is 5.46. The van der Waals surface area contributed by atoms with E-state index in [1.807, 2.05) is 20.8 Å². The molecule has 0 bridgehead atoms. The average Bonchev–Trinajstić information content (AvgIpc) is 2.62. The number of nitrogens with one attached hydrogen (secondary N) is 1. The summed E-state index contributed by atoms with van der Waals surface area (Å²) in [5.74, 6) is -0.621. The Morgan fingerprint density at radius 1 is 1.17 bits per heavy atom. The van der Waals surface area contributed by atoms with E-state index in [0.29, 0.717) is 12.8 Å². The number of amides is 2. The van der Waals surface area contributed by atoms with Gasteiger partial charge in [-0.25, -0.2) is 0 Å². The van der Waals surface area contributed by atoms with Crippen LogP contribution in [0.25, 0.3) is 0 Å². The van der Waals surface area contributed by atoms with Crippen LogP contribution in [0.3, 0.4) is 0 Å². The van der Waals surface area contributed by atoms with Crippen LogP contribution in [0.5, 0.6) is 0 Å². The second kappa shape index (κ2) is 7.18. The number of carbonyl (C=O) groups excluding carboxylic acids is 2. The lowest BCUT2D eigenvalue weighted by atomic mass is 9.81. The summed E-state index contributed by atoms with van der Waals surface area (Å²) in [6.07, 6.45) is -0.626. The van der Waals surface area contributed by atoms with Crippen molar-refractivity contribution < 1.29 is 19.8 Å². The van der Waals surface area contributed by atoms with Crippen LogP contribution in [0.4, 0.5) is 0 Å². The molecule has 0 aliphatic carbocycles. The van der Waals surface area contributed by atoms with E-state index in [9.17, 15) is 19.8 Å². The highest BCUT2D eigenvalue weighted by atomic mass is 16.3. The summed E-state index contributed by atoms with van der Waals surface area (Å²) in [7, 11) is 0. The molecule has 0 aromatic rings. The zero-order valence-electron chi connectivity index (χ0n) is 15.2. The van der Waals surface area contributed by atoms with Crippen LogP contribution in [0.2, 0.25) is 0 Å². The van der Waals surface area contributed by atoms with Gasteiger partial charge < -0.3 is 20.4 Å². The molecule has 1 rings (SSSR count). The summed E-state index contributed by atoms with van der Waals surface area (Å²) in [6, 6.07) is -1.02. The van der Waals surface area contributed by atoms with E-state index in [2.05, 4.69) is 26.1 Å². The van der Waals surface area contributed by atoms with Gasteiger partial charge in [0.2, 0.25) is 11.8 Å². The summed E-state index contributed by atoms with van der Waals surface area (Å²) >= 11 is 0. The first kappa shape index (κ1) is 19.9. The van der Waals surface area contributed by atoms with E-state index in [1.54, 1.807) is 0 Å². The summed E-state index contributed by atoms with van der Waals surface area (Å²) in [5.41, 5.74) is -0.440. The van der Waals surface area contributed by atoms with Gasteiger partial charge in [0.1, 0.15) is 12.1 Å². The zero-order chi connectivity index (χ0) is 18.0. The first-order valence-electron chi connectivity index (χ1n) is 8.35. The summed E-state index contributed by atoms with van der Waals surface area (Å²) in [4.78, 5) is 26.1. The third-order valence-corrected chi connectivity index (χ3v) is 3.92. The molecule has 1 aliphatic rings. The second-order valence-electron chi connectivity index (χ2n) is 8.41. The molecular formula is C17H32N2O4. The standard InChI is InChI=1S/C17H32N2O4/c1-7-8-12(21)19-9-11(20)14(22)13(19)15(23)18-17(5,6)10-16(2,3)4/h11,13-14,20,22H,7-10H2,1-6H3,(H,18,23)/t11-,13-,14-/m0/s1. The molecule has 0 radical (unpaired) electrons. The minimum atomic E-state index is -1.25. The normalized spacial score (nSPS) is 25.6. The Morgan fingerprint density at radius 2 is 1.74 bits per heavy atom. The highest BCUT2D eigenvalue weighted by Gasteiger charge is 2.47. The van der Waals surface area contributed by atoms with Crippen molar-refractivity contribution >= 4 is 11.8 Å². The van der Waals surface area contributed by atoms with Crippen LogP contribution in [0, 0.1) is 5.41 Å². The highest BCUT2D eigenvalue weighted by Crippen LogP contribution is 2.28. The van der Waals surface area contributed by atoms with Gasteiger partial charge in [-0.1, -0.05) is 27.7 Å². The van der Waals surface area contributed by atoms with Crippen molar-refractivity contribution in [3.05, 3.63) is 0 Å². The van der Waals surface area contributed by atoms with Gasteiger partial charge in [0.25, 0.3) is 0 Å². The smallest absolute Gasteiger partial charge is 0.246 e. The molecule has 3 N–H and O–H groups in total. The third-order valence-electron chi connectivity index (χ3n) is 3.92. The Kier molecular flexibility index (Phi) is 6.21. The van der Waals surface area contributed by atoms with E-state index in [1.165, 1.54) is 4.90 Å². The number of aliphatic hydroxyl groups excluding tert-OH is 2. The maximum Gasteiger partial charge on any atom is 0.246 e. The zero-order valence-corrected chi connectivity index (χ0v) is 15.2. The van der Waals surface area contributed by atoms with Gasteiger partial charge in [-0.15, -0.1) is 0 Å². The molecule has 0 aromatic heterocycles. The largest absolute Gasteiger partial charge is 0.388 e. The molecular weight excluding hydrogens is 296 g/mol. The molecule has 0 aromatic carbocycles. The molecule has 1 aliphatic heterocycles. The molecule has 3 atom stereocenters. The van der Waals surface area contributed by atoms with E-state index in [0.717, 1.165) is 6.42 Å². The monoisotopic (exact) mass is 328 g/mol. The molecule has 0 saturated carbocycles. The number of nitrogens with zero attached hydrogens (tertiary/aromatic N) is 1. The van der Waals surface area contributed by atoms with E-state index in [-0.39, 0.29) is 17.9 Å². The Labute approximate surface area is 139 Å². The number of carbonyl (C=O) groups is 2. The van der Waals surface area contributed by atoms with Gasteiger partial charge >= 0.3 is 0 Å². The number of hydrogen-bond acceptors (Lipinski definition) is 4. The fourth-order valence-corrected chi connectivity index (χ4v) is 3.51. The minimum absolute atomic E-state index is 0.00220. The number of likely N-dealkylation sites (tertiary alicyclic amines) is 1. The van der Waals surface area contributed by atoms with Crippen molar-refractivity contribution in [2.45, 2.75) is 84.6 Å². The van der Waals surface area contributed by atoms with Gasteiger partial charge in [0.05, 0.1) is 12.6 Å². The predicted molar refractivity (Wildman–Crippen MR) is 88.7 cm³/mol. The van der Waals surface area contributed by atoms with Crippen LogP contribution in [-0.4, -0.2) is 57.3 Å². The number of rotatable bonds is 5. The number of β-amino-alcohol motifs (C(OH)–C–C–N with tert-alkyl or cyclic N) is 1. The quantitative estimate of drug-likeness (QED) is 0.704. The van der Waals surface area contributed by atoms with Crippen molar-refractivity contribution in [2.24, 2.45) is 5.41 Å². The molecule has 6 heteroatoms. The molecule has 6 nitrogen and oxygen atoms in total. The summed E-state index contributed by atoms with van der Waals surface area (Å²) < 4.78 is 0. The lowest BCUT2D eigenvalue weighted by Gasteiger charge is -2.35. The molecule has 0 unspecified atom stereocenters. The van der Waals surface area contributed by atoms with Crippen LogP contribution in [-0.2, 0) is 9.59 Å².